The van der Waals surface area contributed by atoms with Gasteiger partial charge in [0, 0.05) is 18.2 Å². The maximum atomic E-state index is 12.6. The van der Waals surface area contributed by atoms with Crippen LogP contribution in [-0.2, 0) is 0 Å². The van der Waals surface area contributed by atoms with Gasteiger partial charge in [0.25, 0.3) is 11.6 Å². The van der Waals surface area contributed by atoms with Crippen LogP contribution >= 0.6 is 11.6 Å². The van der Waals surface area contributed by atoms with Crippen molar-refractivity contribution in [2.24, 2.45) is 23.7 Å². The van der Waals surface area contributed by atoms with E-state index in [4.69, 9.17) is 11.6 Å². The second-order valence-corrected chi connectivity index (χ2v) is 7.76. The van der Waals surface area contributed by atoms with Crippen LogP contribution in [0.3, 0.4) is 0 Å². The summed E-state index contributed by atoms with van der Waals surface area (Å²) in [5.74, 6) is 2.52. The Bertz CT molecular complexity index is 648. The van der Waals surface area contributed by atoms with Gasteiger partial charge in [0.15, 0.2) is 0 Å². The highest BCUT2D eigenvalue weighted by Crippen LogP contribution is 2.53. The number of nitrogens with one attached hydrogen (secondary N) is 1. The number of carbonyl (C=O) groups is 1. The van der Waals surface area contributed by atoms with E-state index < -0.39 is 4.92 Å². The summed E-state index contributed by atoms with van der Waals surface area (Å²) in [6.45, 7) is 0. The summed E-state index contributed by atoms with van der Waals surface area (Å²) >= 11 is 6.08. The number of hydrogen-bond donors (Lipinski definition) is 1. The molecule has 0 atom stereocenters. The van der Waals surface area contributed by atoms with E-state index in [1.54, 1.807) is 0 Å². The van der Waals surface area contributed by atoms with Crippen molar-refractivity contribution in [1.82, 2.24) is 5.32 Å². The summed E-state index contributed by atoms with van der Waals surface area (Å²) < 4.78 is 0. The molecule has 5 nitrogen and oxygen atoms in total. The van der Waals surface area contributed by atoms with Crippen LogP contribution in [0.1, 0.15) is 42.5 Å². The van der Waals surface area contributed by atoms with Crippen LogP contribution < -0.4 is 5.32 Å². The van der Waals surface area contributed by atoms with E-state index in [1.165, 1.54) is 50.3 Å². The van der Waals surface area contributed by atoms with Gasteiger partial charge in [0.05, 0.1) is 15.5 Å². The molecule has 4 bridgehead atoms. The van der Waals surface area contributed by atoms with E-state index in [0.717, 1.165) is 11.8 Å². The summed E-state index contributed by atoms with van der Waals surface area (Å²) in [6.07, 6.45) is 6.20. The monoisotopic (exact) mass is 334 g/mol. The average Bonchev–Trinajstić information content (AvgIpc) is 2.50. The molecule has 0 radical (unpaired) electrons. The molecule has 4 aliphatic carbocycles. The minimum atomic E-state index is -0.504. The van der Waals surface area contributed by atoms with Crippen LogP contribution in [0, 0.1) is 33.8 Å². The van der Waals surface area contributed by atoms with Crippen LogP contribution in [0.15, 0.2) is 18.2 Å². The number of halogens is 1. The largest absolute Gasteiger partial charge is 0.349 e. The Hall–Kier alpha value is -1.62. The van der Waals surface area contributed by atoms with Crippen molar-refractivity contribution in [2.45, 2.75) is 38.1 Å². The minimum absolute atomic E-state index is 0.107. The van der Waals surface area contributed by atoms with E-state index in [2.05, 4.69) is 5.32 Å². The van der Waals surface area contributed by atoms with E-state index in [-0.39, 0.29) is 28.2 Å². The molecule has 1 aromatic rings. The van der Waals surface area contributed by atoms with Crippen molar-refractivity contribution in [3.05, 3.63) is 38.9 Å². The summed E-state index contributed by atoms with van der Waals surface area (Å²) in [5.41, 5.74) is 0.0966. The molecule has 4 saturated carbocycles. The third-order valence-electron chi connectivity index (χ3n) is 5.93. The van der Waals surface area contributed by atoms with Crippen molar-refractivity contribution in [2.75, 3.05) is 0 Å². The number of nitro benzene ring substituents is 1. The van der Waals surface area contributed by atoms with Crippen molar-refractivity contribution in [3.8, 4) is 0 Å². The first kappa shape index (κ1) is 14.9. The fraction of sp³-hybridized carbons (Fsp3) is 0.588. The molecule has 6 heteroatoms. The number of hydrogen-bond acceptors (Lipinski definition) is 3. The topological polar surface area (TPSA) is 72.2 Å². The Morgan fingerprint density at radius 3 is 2.30 bits per heavy atom. The van der Waals surface area contributed by atoms with Gasteiger partial charge < -0.3 is 5.32 Å². The predicted octanol–water partition coefficient (Wildman–Crippen LogP) is 3.80. The van der Waals surface area contributed by atoms with Crippen molar-refractivity contribution in [3.63, 3.8) is 0 Å². The van der Waals surface area contributed by atoms with Crippen molar-refractivity contribution >= 4 is 23.2 Å². The number of nitro groups is 1. The molecule has 0 heterocycles. The highest BCUT2D eigenvalue weighted by atomic mass is 35.5. The Kier molecular flexibility index (Phi) is 3.56. The van der Waals surface area contributed by atoms with Gasteiger partial charge in [-0.1, -0.05) is 11.6 Å². The fourth-order valence-corrected chi connectivity index (χ4v) is 5.39. The zero-order valence-corrected chi connectivity index (χ0v) is 13.5. The number of carbonyl (C=O) groups excluding carboxylic acids is 1. The van der Waals surface area contributed by atoms with E-state index in [9.17, 15) is 14.9 Å². The van der Waals surface area contributed by atoms with Gasteiger partial charge in [0.2, 0.25) is 0 Å². The lowest BCUT2D eigenvalue weighted by Crippen LogP contribution is -2.55. The van der Waals surface area contributed by atoms with Gasteiger partial charge in [0.1, 0.15) is 0 Å². The molecule has 0 unspecified atom stereocenters. The zero-order chi connectivity index (χ0) is 16.1. The SMILES string of the molecule is O=C(NC1C2CC3CC(C2)CC1C3)c1cc([N+](=O)[O-])ccc1Cl. The molecule has 1 N–H and O–H groups in total. The van der Waals surface area contributed by atoms with Crippen molar-refractivity contribution < 1.29 is 9.72 Å². The first-order valence-electron chi connectivity index (χ1n) is 8.26. The van der Waals surface area contributed by atoms with Crippen LogP contribution in [-0.4, -0.2) is 16.9 Å². The molecule has 1 aromatic carbocycles. The average molecular weight is 335 g/mol. The van der Waals surface area contributed by atoms with Gasteiger partial charge in [-0.25, -0.2) is 0 Å². The number of amides is 1. The first-order chi connectivity index (χ1) is 11.0. The lowest BCUT2D eigenvalue weighted by molar-refractivity contribution is -0.384. The van der Waals surface area contributed by atoms with E-state index in [1.807, 2.05) is 0 Å². The first-order valence-corrected chi connectivity index (χ1v) is 8.64. The van der Waals surface area contributed by atoms with Gasteiger partial charge in [-0.2, -0.15) is 0 Å². The molecular weight excluding hydrogens is 316 g/mol. The van der Waals surface area contributed by atoms with Crippen LogP contribution in [0.2, 0.25) is 5.02 Å². The smallest absolute Gasteiger partial charge is 0.270 e. The Labute approximate surface area is 139 Å². The molecule has 4 aliphatic rings. The number of nitrogens with zero attached hydrogens (tertiary/aromatic N) is 1. The normalized spacial score (nSPS) is 34.4. The van der Waals surface area contributed by atoms with Crippen LogP contribution in [0.25, 0.3) is 0 Å². The molecular formula is C17H19ClN2O3. The third kappa shape index (κ3) is 2.61. The summed E-state index contributed by atoms with van der Waals surface area (Å²) in [5, 5.41) is 14.3. The maximum absolute atomic E-state index is 12.6. The second-order valence-electron chi connectivity index (χ2n) is 7.35. The van der Waals surface area contributed by atoms with E-state index in [0.29, 0.717) is 11.8 Å². The van der Waals surface area contributed by atoms with Gasteiger partial charge in [-0.15, -0.1) is 0 Å². The van der Waals surface area contributed by atoms with Gasteiger partial charge in [-0.3, -0.25) is 14.9 Å². The number of rotatable bonds is 3. The summed E-state index contributed by atoms with van der Waals surface area (Å²) in [4.78, 5) is 23.0. The number of benzene rings is 1. The molecule has 122 valence electrons. The maximum Gasteiger partial charge on any atom is 0.270 e. The molecule has 23 heavy (non-hydrogen) atoms. The standard InChI is InChI=1S/C17H19ClN2O3/c18-15-2-1-13(20(22)23)8-14(15)17(21)19-16-11-4-9-3-10(6-11)7-12(16)5-9/h1-2,8-12,16H,3-7H2,(H,19,21). The van der Waals surface area contributed by atoms with Crippen molar-refractivity contribution in [1.29, 1.82) is 0 Å². The lowest BCUT2D eigenvalue weighted by atomic mass is 9.54. The molecule has 1 amide bonds. The summed E-state index contributed by atoms with van der Waals surface area (Å²) in [6, 6.07) is 4.21. The van der Waals surface area contributed by atoms with Gasteiger partial charge in [-0.05, 0) is 61.8 Å². The Balaban J connectivity index is 1.54. The highest BCUT2D eigenvalue weighted by Gasteiger charge is 2.48. The quantitative estimate of drug-likeness (QED) is 0.675. The molecule has 0 spiro atoms. The van der Waals surface area contributed by atoms with Crippen LogP contribution in [0.5, 0.6) is 0 Å². The van der Waals surface area contributed by atoms with E-state index >= 15 is 0 Å². The van der Waals surface area contributed by atoms with Gasteiger partial charge >= 0.3 is 0 Å². The zero-order valence-electron chi connectivity index (χ0n) is 12.7. The molecule has 0 aromatic heterocycles. The molecule has 0 saturated heterocycles. The molecule has 4 fully saturated rings. The summed E-state index contributed by atoms with van der Waals surface area (Å²) in [7, 11) is 0. The predicted molar refractivity (Wildman–Crippen MR) is 86.4 cm³/mol. The Morgan fingerprint density at radius 2 is 1.74 bits per heavy atom. The second kappa shape index (κ2) is 5.48. The molecule has 5 rings (SSSR count). The Morgan fingerprint density at radius 1 is 1.13 bits per heavy atom. The fourth-order valence-electron chi connectivity index (χ4n) is 5.19. The lowest BCUT2D eigenvalue weighted by Gasteiger charge is -2.54. The van der Waals surface area contributed by atoms with Crippen LogP contribution in [0.4, 0.5) is 5.69 Å². The third-order valence-corrected chi connectivity index (χ3v) is 6.26. The highest BCUT2D eigenvalue weighted by molar-refractivity contribution is 6.33. The number of non-ortho nitro benzene ring substituents is 1. The minimum Gasteiger partial charge on any atom is -0.349 e. The molecule has 0 aliphatic heterocycles.